The third-order valence-corrected chi connectivity index (χ3v) is 5.96. The molecule has 0 bridgehead atoms. The Labute approximate surface area is 213 Å². The number of carbonyl (C=O) groups is 2. The minimum Gasteiger partial charge on any atom is -0.497 e. The molecule has 0 saturated carbocycles. The third kappa shape index (κ3) is 6.44. The summed E-state index contributed by atoms with van der Waals surface area (Å²) in [5.74, 6) is 0.821. The number of nitrogens with one attached hydrogen (secondary N) is 2. The molecule has 0 atom stereocenters. The Balaban J connectivity index is 1.29. The topological polar surface area (TPSA) is 119 Å². The lowest BCUT2D eigenvalue weighted by Crippen LogP contribution is -2.19. The summed E-state index contributed by atoms with van der Waals surface area (Å²) in [6, 6.07) is 15.1. The van der Waals surface area contributed by atoms with Crippen molar-refractivity contribution in [3.05, 3.63) is 81.0 Å². The standard InChI is InChI=1S/C23H17Cl2N5O4S/c1-33-15-5-2-13(3-6-15)22(32)27-23-30-29-21(35-23)11-20(31)28-26-12-16-7-9-19(34-16)17-10-14(24)4-8-18(17)25/h2-10,12H,11H2,1H3,(H,28,31)(H,27,30,32)/b26-12-. The molecular formula is C23H17Cl2N5O4S. The molecule has 2 aromatic heterocycles. The average molecular weight is 530 g/mol. The summed E-state index contributed by atoms with van der Waals surface area (Å²) >= 11 is 13.3. The van der Waals surface area contributed by atoms with Crippen LogP contribution in [0.2, 0.25) is 10.0 Å². The first-order valence-corrected chi connectivity index (χ1v) is 11.6. The Morgan fingerprint density at radius 2 is 1.91 bits per heavy atom. The maximum absolute atomic E-state index is 12.3. The fraction of sp³-hybridized carbons (Fsp3) is 0.0870. The van der Waals surface area contributed by atoms with E-state index in [-0.39, 0.29) is 17.5 Å². The normalized spacial score (nSPS) is 10.9. The van der Waals surface area contributed by atoms with Gasteiger partial charge in [0.05, 0.1) is 24.8 Å². The van der Waals surface area contributed by atoms with Gasteiger partial charge in [-0.1, -0.05) is 34.5 Å². The Hall–Kier alpha value is -3.73. The van der Waals surface area contributed by atoms with Crippen molar-refractivity contribution < 1.29 is 18.7 Å². The van der Waals surface area contributed by atoms with Gasteiger partial charge in [0.15, 0.2) is 0 Å². The van der Waals surface area contributed by atoms with E-state index in [2.05, 4.69) is 26.0 Å². The van der Waals surface area contributed by atoms with Crippen LogP contribution in [-0.2, 0) is 11.2 Å². The first kappa shape index (κ1) is 24.4. The van der Waals surface area contributed by atoms with Gasteiger partial charge < -0.3 is 9.15 Å². The highest BCUT2D eigenvalue weighted by atomic mass is 35.5. The molecule has 4 rings (SSSR count). The number of ether oxygens (including phenoxy) is 1. The number of carbonyl (C=O) groups excluding carboxylic acids is 2. The minimum atomic E-state index is -0.407. The molecule has 0 spiro atoms. The zero-order chi connectivity index (χ0) is 24.8. The number of furan rings is 1. The Bertz CT molecular complexity index is 1380. The molecule has 2 N–H and O–H groups in total. The van der Waals surface area contributed by atoms with Crippen LogP contribution in [-0.4, -0.2) is 35.3 Å². The molecule has 2 heterocycles. The fourth-order valence-corrected chi connectivity index (χ4v) is 4.00. The second-order valence-corrected chi connectivity index (χ2v) is 8.89. The minimum absolute atomic E-state index is 0.0606. The van der Waals surface area contributed by atoms with Gasteiger partial charge >= 0.3 is 0 Å². The zero-order valence-electron chi connectivity index (χ0n) is 18.1. The van der Waals surface area contributed by atoms with Crippen LogP contribution in [0.1, 0.15) is 21.1 Å². The molecule has 0 aliphatic rings. The van der Waals surface area contributed by atoms with Gasteiger partial charge in [0.2, 0.25) is 11.0 Å². The lowest BCUT2D eigenvalue weighted by molar-refractivity contribution is -0.120. The number of hydrazone groups is 1. The molecule has 4 aromatic rings. The Morgan fingerprint density at radius 3 is 2.69 bits per heavy atom. The summed E-state index contributed by atoms with van der Waals surface area (Å²) in [6.45, 7) is 0. The molecule has 2 aromatic carbocycles. The SMILES string of the molecule is COc1ccc(C(=O)Nc2nnc(CC(=O)N/N=C\c3ccc(-c4cc(Cl)ccc4Cl)o3)s2)cc1. The van der Waals surface area contributed by atoms with Crippen molar-refractivity contribution >= 4 is 57.7 Å². The number of methoxy groups -OCH3 is 1. The highest BCUT2D eigenvalue weighted by molar-refractivity contribution is 7.15. The number of halogens is 2. The van der Waals surface area contributed by atoms with Crippen molar-refractivity contribution in [3.63, 3.8) is 0 Å². The van der Waals surface area contributed by atoms with Crippen LogP contribution in [0.5, 0.6) is 5.75 Å². The number of rotatable bonds is 8. The van der Waals surface area contributed by atoms with Gasteiger partial charge in [-0.3, -0.25) is 14.9 Å². The molecule has 0 radical (unpaired) electrons. The van der Waals surface area contributed by atoms with Crippen LogP contribution < -0.4 is 15.5 Å². The van der Waals surface area contributed by atoms with E-state index in [9.17, 15) is 9.59 Å². The van der Waals surface area contributed by atoms with Crippen LogP contribution in [0.3, 0.4) is 0 Å². The summed E-state index contributed by atoms with van der Waals surface area (Å²) in [5.41, 5.74) is 3.48. The first-order chi connectivity index (χ1) is 16.9. The first-order valence-electron chi connectivity index (χ1n) is 10.1. The van der Waals surface area contributed by atoms with Crippen molar-refractivity contribution in [2.75, 3.05) is 12.4 Å². The number of benzene rings is 2. The van der Waals surface area contributed by atoms with Crippen molar-refractivity contribution in [2.45, 2.75) is 6.42 Å². The van der Waals surface area contributed by atoms with Crippen molar-refractivity contribution in [1.82, 2.24) is 15.6 Å². The quantitative estimate of drug-likeness (QED) is 0.243. The fourth-order valence-electron chi connectivity index (χ4n) is 2.89. The number of hydrogen-bond donors (Lipinski definition) is 2. The van der Waals surface area contributed by atoms with E-state index < -0.39 is 5.91 Å². The van der Waals surface area contributed by atoms with Crippen molar-refractivity contribution in [3.8, 4) is 17.1 Å². The summed E-state index contributed by atoms with van der Waals surface area (Å²) in [4.78, 5) is 24.5. The van der Waals surface area contributed by atoms with Gasteiger partial charge in [-0.15, -0.1) is 10.2 Å². The summed E-state index contributed by atoms with van der Waals surface area (Å²) < 4.78 is 10.8. The van der Waals surface area contributed by atoms with Gasteiger partial charge in [0.1, 0.15) is 22.3 Å². The van der Waals surface area contributed by atoms with Crippen molar-refractivity contribution in [2.24, 2.45) is 5.10 Å². The highest BCUT2D eigenvalue weighted by Gasteiger charge is 2.13. The largest absolute Gasteiger partial charge is 0.497 e. The predicted octanol–water partition coefficient (Wildman–Crippen LogP) is 5.06. The van der Waals surface area contributed by atoms with Crippen molar-refractivity contribution in [1.29, 1.82) is 0 Å². The Morgan fingerprint density at radius 1 is 1.11 bits per heavy atom. The second kappa shape index (κ2) is 11.1. The highest BCUT2D eigenvalue weighted by Crippen LogP contribution is 2.31. The van der Waals surface area contributed by atoms with E-state index >= 15 is 0 Å². The molecule has 0 aliphatic heterocycles. The van der Waals surface area contributed by atoms with Gasteiger partial charge in [-0.05, 0) is 54.6 Å². The maximum atomic E-state index is 12.3. The van der Waals surface area contributed by atoms with Crippen LogP contribution in [0, 0.1) is 0 Å². The predicted molar refractivity (Wildman–Crippen MR) is 134 cm³/mol. The van der Waals surface area contributed by atoms with Gasteiger partial charge in [0, 0.05) is 16.1 Å². The number of hydrogen-bond acceptors (Lipinski definition) is 8. The molecule has 0 aliphatic carbocycles. The number of nitrogens with zero attached hydrogens (tertiary/aromatic N) is 3. The zero-order valence-corrected chi connectivity index (χ0v) is 20.4. The van der Waals surface area contributed by atoms with E-state index in [0.29, 0.717) is 43.4 Å². The average Bonchev–Trinajstić information content (AvgIpc) is 3.50. The Kier molecular flexibility index (Phi) is 7.76. The van der Waals surface area contributed by atoms with E-state index in [0.717, 1.165) is 11.3 Å². The number of anilines is 1. The second-order valence-electron chi connectivity index (χ2n) is 6.98. The van der Waals surface area contributed by atoms with Gasteiger partial charge in [0.25, 0.3) is 5.91 Å². The van der Waals surface area contributed by atoms with Crippen LogP contribution in [0.15, 0.2) is 64.1 Å². The van der Waals surface area contributed by atoms with Crippen LogP contribution >= 0.6 is 34.5 Å². The molecule has 0 fully saturated rings. The monoisotopic (exact) mass is 529 g/mol. The maximum Gasteiger partial charge on any atom is 0.257 e. The van der Waals surface area contributed by atoms with E-state index in [4.69, 9.17) is 32.4 Å². The van der Waals surface area contributed by atoms with E-state index in [1.165, 1.54) is 6.21 Å². The molecule has 12 heteroatoms. The lowest BCUT2D eigenvalue weighted by Gasteiger charge is -2.02. The molecule has 0 unspecified atom stereocenters. The molecule has 0 saturated heterocycles. The summed E-state index contributed by atoms with van der Waals surface area (Å²) in [6.07, 6.45) is 1.30. The molecule has 2 amide bonds. The smallest absolute Gasteiger partial charge is 0.257 e. The van der Waals surface area contributed by atoms with Crippen LogP contribution in [0.25, 0.3) is 11.3 Å². The van der Waals surface area contributed by atoms with E-state index in [1.54, 1.807) is 61.7 Å². The molecule has 178 valence electrons. The summed E-state index contributed by atoms with van der Waals surface area (Å²) in [7, 11) is 1.55. The van der Waals surface area contributed by atoms with Crippen LogP contribution in [0.4, 0.5) is 5.13 Å². The molecule has 9 nitrogen and oxygen atoms in total. The lowest BCUT2D eigenvalue weighted by atomic mass is 10.2. The van der Waals surface area contributed by atoms with E-state index in [1.807, 2.05) is 0 Å². The van der Waals surface area contributed by atoms with Gasteiger partial charge in [-0.25, -0.2) is 5.43 Å². The number of aromatic nitrogens is 2. The third-order valence-electron chi connectivity index (χ3n) is 4.55. The summed E-state index contributed by atoms with van der Waals surface area (Å²) in [5, 5.41) is 16.1. The molecular weight excluding hydrogens is 513 g/mol. The number of amides is 2. The molecule has 35 heavy (non-hydrogen) atoms. The van der Waals surface area contributed by atoms with Gasteiger partial charge in [-0.2, -0.15) is 5.10 Å².